The summed E-state index contributed by atoms with van der Waals surface area (Å²) in [5.74, 6) is -0.810. The van der Waals surface area contributed by atoms with Crippen molar-refractivity contribution in [3.63, 3.8) is 0 Å². The van der Waals surface area contributed by atoms with Gasteiger partial charge in [0, 0.05) is 6.54 Å². The van der Waals surface area contributed by atoms with Crippen LogP contribution in [0.3, 0.4) is 0 Å². The van der Waals surface area contributed by atoms with Crippen LogP contribution in [0.4, 0.5) is 0 Å². The Bertz CT molecular complexity index is 349. The highest BCUT2D eigenvalue weighted by molar-refractivity contribution is 5.94. The maximum Gasteiger partial charge on any atom is 0.315 e. The molecule has 1 aromatic rings. The molecule has 1 rings (SSSR count). The molecule has 0 spiro atoms. The van der Waals surface area contributed by atoms with E-state index in [1.165, 1.54) is 0 Å². The van der Waals surface area contributed by atoms with Gasteiger partial charge in [0.15, 0.2) is 0 Å². The van der Waals surface area contributed by atoms with E-state index in [1.54, 1.807) is 6.92 Å². The molecule has 0 aromatic heterocycles. The molecule has 16 heavy (non-hydrogen) atoms. The van der Waals surface area contributed by atoms with Crippen LogP contribution in [-0.2, 0) is 20.9 Å². The molecule has 0 aliphatic carbocycles. The Labute approximate surface area is 94.6 Å². The van der Waals surface area contributed by atoms with E-state index in [0.717, 1.165) is 5.56 Å². The molecule has 0 heterocycles. The van der Waals surface area contributed by atoms with E-state index in [9.17, 15) is 9.59 Å². The fraction of sp³-hybridized carbons (Fsp3) is 0.333. The van der Waals surface area contributed by atoms with Crippen molar-refractivity contribution in [1.29, 1.82) is 0 Å². The average molecular weight is 221 g/mol. The maximum absolute atomic E-state index is 11.2. The number of hydrogen-bond donors (Lipinski definition) is 1. The summed E-state index contributed by atoms with van der Waals surface area (Å²) < 4.78 is 4.95. The number of rotatable bonds is 5. The van der Waals surface area contributed by atoms with Crippen LogP contribution >= 0.6 is 0 Å². The Kier molecular flexibility index (Phi) is 5.05. The Morgan fingerprint density at radius 2 is 1.94 bits per heavy atom. The van der Waals surface area contributed by atoms with Crippen LogP contribution in [0.5, 0.6) is 0 Å². The van der Waals surface area contributed by atoms with Crippen molar-refractivity contribution in [2.24, 2.45) is 0 Å². The molecule has 0 unspecified atom stereocenters. The zero-order valence-electron chi connectivity index (χ0n) is 9.23. The van der Waals surface area contributed by atoms with Crippen molar-refractivity contribution in [3.05, 3.63) is 35.9 Å². The van der Waals surface area contributed by atoms with Crippen molar-refractivity contribution in [2.75, 3.05) is 6.54 Å². The largest absolute Gasteiger partial charge is 0.460 e. The normalized spacial score (nSPS) is 9.56. The van der Waals surface area contributed by atoms with Crippen molar-refractivity contribution in [3.8, 4) is 0 Å². The van der Waals surface area contributed by atoms with Crippen LogP contribution in [0.1, 0.15) is 18.9 Å². The van der Waals surface area contributed by atoms with Gasteiger partial charge in [-0.3, -0.25) is 9.59 Å². The van der Waals surface area contributed by atoms with Gasteiger partial charge in [-0.15, -0.1) is 0 Å². The van der Waals surface area contributed by atoms with E-state index in [1.807, 2.05) is 30.3 Å². The molecular formula is C12H15NO3. The number of ether oxygens (including phenoxy) is 1. The molecule has 4 heteroatoms. The molecule has 0 saturated heterocycles. The van der Waals surface area contributed by atoms with Crippen LogP contribution in [0, 0.1) is 0 Å². The molecule has 0 bridgehead atoms. The fourth-order valence-corrected chi connectivity index (χ4v) is 1.18. The van der Waals surface area contributed by atoms with Crippen LogP contribution in [0.2, 0.25) is 0 Å². The van der Waals surface area contributed by atoms with Gasteiger partial charge in [0.05, 0.1) is 0 Å². The van der Waals surface area contributed by atoms with Crippen LogP contribution in [0.25, 0.3) is 0 Å². The Hall–Kier alpha value is -1.84. The van der Waals surface area contributed by atoms with Gasteiger partial charge < -0.3 is 10.1 Å². The Morgan fingerprint density at radius 1 is 1.25 bits per heavy atom. The SMILES string of the molecule is CCNC(=O)CC(=O)OCc1ccccc1. The van der Waals surface area contributed by atoms with Gasteiger partial charge in [-0.25, -0.2) is 0 Å². The molecule has 0 atom stereocenters. The van der Waals surface area contributed by atoms with E-state index in [0.29, 0.717) is 6.54 Å². The number of carbonyl (C=O) groups excluding carboxylic acids is 2. The topological polar surface area (TPSA) is 55.4 Å². The second-order valence-corrected chi connectivity index (χ2v) is 3.28. The molecule has 1 amide bonds. The van der Waals surface area contributed by atoms with Crippen molar-refractivity contribution in [1.82, 2.24) is 5.32 Å². The van der Waals surface area contributed by atoms with Gasteiger partial charge in [0.25, 0.3) is 0 Å². The van der Waals surface area contributed by atoms with E-state index in [-0.39, 0.29) is 18.9 Å². The predicted molar refractivity (Wildman–Crippen MR) is 59.5 cm³/mol. The highest BCUT2D eigenvalue weighted by Gasteiger charge is 2.09. The van der Waals surface area contributed by atoms with E-state index in [4.69, 9.17) is 4.74 Å². The first-order valence-corrected chi connectivity index (χ1v) is 5.18. The quantitative estimate of drug-likeness (QED) is 0.601. The van der Waals surface area contributed by atoms with Crippen molar-refractivity contribution >= 4 is 11.9 Å². The number of nitrogens with one attached hydrogen (secondary N) is 1. The summed E-state index contributed by atoms with van der Waals surface area (Å²) in [6, 6.07) is 9.35. The molecule has 0 fully saturated rings. The lowest BCUT2D eigenvalue weighted by Crippen LogP contribution is -2.25. The summed E-state index contributed by atoms with van der Waals surface area (Å²) in [4.78, 5) is 22.3. The first-order chi connectivity index (χ1) is 7.72. The Balaban J connectivity index is 2.28. The molecule has 0 saturated carbocycles. The molecular weight excluding hydrogens is 206 g/mol. The number of hydrogen-bond acceptors (Lipinski definition) is 3. The lowest BCUT2D eigenvalue weighted by molar-refractivity contribution is -0.147. The number of esters is 1. The van der Waals surface area contributed by atoms with E-state index >= 15 is 0 Å². The predicted octanol–water partition coefficient (Wildman–Crippen LogP) is 1.26. The standard InChI is InChI=1S/C12H15NO3/c1-2-13-11(14)8-12(15)16-9-10-6-4-3-5-7-10/h3-7H,2,8-9H2,1H3,(H,13,14). The Morgan fingerprint density at radius 3 is 2.56 bits per heavy atom. The smallest absolute Gasteiger partial charge is 0.315 e. The third-order valence-electron chi connectivity index (χ3n) is 1.92. The number of amides is 1. The maximum atomic E-state index is 11.2. The molecule has 1 N–H and O–H groups in total. The van der Waals surface area contributed by atoms with E-state index < -0.39 is 5.97 Å². The monoisotopic (exact) mass is 221 g/mol. The van der Waals surface area contributed by atoms with Gasteiger partial charge >= 0.3 is 5.97 Å². The van der Waals surface area contributed by atoms with Crippen LogP contribution < -0.4 is 5.32 Å². The van der Waals surface area contributed by atoms with Crippen LogP contribution in [-0.4, -0.2) is 18.4 Å². The summed E-state index contributed by atoms with van der Waals surface area (Å²) in [5.41, 5.74) is 0.909. The fourth-order valence-electron chi connectivity index (χ4n) is 1.18. The van der Waals surface area contributed by atoms with Crippen molar-refractivity contribution in [2.45, 2.75) is 20.0 Å². The first kappa shape index (κ1) is 12.2. The third kappa shape index (κ3) is 4.59. The van der Waals surface area contributed by atoms with Crippen LogP contribution in [0.15, 0.2) is 30.3 Å². The average Bonchev–Trinajstić information content (AvgIpc) is 2.28. The van der Waals surface area contributed by atoms with Gasteiger partial charge in [0.2, 0.25) is 5.91 Å². The zero-order valence-corrected chi connectivity index (χ0v) is 9.23. The number of carbonyl (C=O) groups is 2. The molecule has 86 valence electrons. The minimum atomic E-state index is -0.505. The molecule has 0 aliphatic heterocycles. The second-order valence-electron chi connectivity index (χ2n) is 3.28. The lowest BCUT2D eigenvalue weighted by Gasteiger charge is -2.04. The highest BCUT2D eigenvalue weighted by Crippen LogP contribution is 2.01. The minimum Gasteiger partial charge on any atom is -0.460 e. The van der Waals surface area contributed by atoms with Gasteiger partial charge in [0.1, 0.15) is 13.0 Å². The highest BCUT2D eigenvalue weighted by atomic mass is 16.5. The minimum absolute atomic E-state index is 0.207. The summed E-state index contributed by atoms with van der Waals surface area (Å²) in [6.45, 7) is 2.52. The third-order valence-corrected chi connectivity index (χ3v) is 1.92. The molecule has 0 aliphatic rings. The van der Waals surface area contributed by atoms with Crippen molar-refractivity contribution < 1.29 is 14.3 Å². The molecule has 1 aromatic carbocycles. The van der Waals surface area contributed by atoms with E-state index in [2.05, 4.69) is 5.32 Å². The molecule has 4 nitrogen and oxygen atoms in total. The van der Waals surface area contributed by atoms with Gasteiger partial charge in [-0.2, -0.15) is 0 Å². The number of benzene rings is 1. The summed E-state index contributed by atoms with van der Waals surface area (Å²) in [5, 5.41) is 2.53. The summed E-state index contributed by atoms with van der Waals surface area (Å²) >= 11 is 0. The van der Waals surface area contributed by atoms with Gasteiger partial charge in [-0.1, -0.05) is 30.3 Å². The zero-order chi connectivity index (χ0) is 11.8. The molecule has 0 radical (unpaired) electrons. The summed E-state index contributed by atoms with van der Waals surface area (Å²) in [6.07, 6.45) is -0.222. The van der Waals surface area contributed by atoms with Gasteiger partial charge in [-0.05, 0) is 12.5 Å². The lowest BCUT2D eigenvalue weighted by atomic mass is 10.2. The second kappa shape index (κ2) is 6.61. The first-order valence-electron chi connectivity index (χ1n) is 5.18. The summed E-state index contributed by atoms with van der Waals surface area (Å²) in [7, 11) is 0.